The third-order valence-electron chi connectivity index (χ3n) is 5.99. The van der Waals surface area contributed by atoms with E-state index < -0.39 is 0 Å². The highest BCUT2D eigenvalue weighted by atomic mass is 32.1. The molecule has 1 aromatic heterocycles. The van der Waals surface area contributed by atoms with Crippen LogP contribution in [-0.2, 0) is 35.4 Å². The van der Waals surface area contributed by atoms with Gasteiger partial charge in [-0.05, 0) is 66.0 Å². The first-order chi connectivity index (χ1) is 12.7. The van der Waals surface area contributed by atoms with Gasteiger partial charge in [-0.15, -0.1) is 11.3 Å². The summed E-state index contributed by atoms with van der Waals surface area (Å²) in [6.07, 6.45) is 4.72. The lowest BCUT2D eigenvalue weighted by Crippen LogP contribution is -2.40. The molecule has 5 heteroatoms. The monoisotopic (exact) mass is 366 g/mol. The number of anilines is 1. The Labute approximate surface area is 157 Å². The Morgan fingerprint density at radius 2 is 1.96 bits per heavy atom. The molecule has 0 N–H and O–H groups in total. The highest BCUT2D eigenvalue weighted by molar-refractivity contribution is 7.10. The number of fused-ring (bicyclic) bond motifs is 2. The molecule has 0 saturated carbocycles. The van der Waals surface area contributed by atoms with Crippen LogP contribution in [0.5, 0.6) is 0 Å². The smallest absolute Gasteiger partial charge is 0.228 e. The Bertz CT molecular complexity index is 888. The SMILES string of the molecule is O=C(C1CC(=O)N(c2ccc3c(c2)CCC3)C1)N1CCc2sccc2C1. The molecule has 1 unspecified atom stereocenters. The Balaban J connectivity index is 1.31. The van der Waals surface area contributed by atoms with Gasteiger partial charge in [0, 0.05) is 36.6 Å². The van der Waals surface area contributed by atoms with E-state index in [0.717, 1.165) is 31.5 Å². The van der Waals surface area contributed by atoms with Gasteiger partial charge in [0.05, 0.1) is 5.92 Å². The molecule has 3 aliphatic rings. The van der Waals surface area contributed by atoms with Gasteiger partial charge < -0.3 is 9.80 Å². The molecule has 3 heterocycles. The van der Waals surface area contributed by atoms with Crippen LogP contribution in [0, 0.1) is 5.92 Å². The number of benzene rings is 1. The number of hydrogen-bond donors (Lipinski definition) is 0. The lowest BCUT2D eigenvalue weighted by atomic mass is 10.0. The molecular weight excluding hydrogens is 344 g/mol. The molecule has 1 saturated heterocycles. The summed E-state index contributed by atoms with van der Waals surface area (Å²) in [5, 5.41) is 2.10. The highest BCUT2D eigenvalue weighted by Gasteiger charge is 2.38. The first-order valence-corrected chi connectivity index (χ1v) is 10.3. The quantitative estimate of drug-likeness (QED) is 0.819. The predicted octanol–water partition coefficient (Wildman–Crippen LogP) is 3.17. The van der Waals surface area contributed by atoms with Gasteiger partial charge in [-0.2, -0.15) is 0 Å². The summed E-state index contributed by atoms with van der Waals surface area (Å²) in [5.41, 5.74) is 5.01. The van der Waals surface area contributed by atoms with Crippen LogP contribution in [-0.4, -0.2) is 29.8 Å². The highest BCUT2D eigenvalue weighted by Crippen LogP contribution is 2.32. The van der Waals surface area contributed by atoms with Gasteiger partial charge in [-0.1, -0.05) is 6.07 Å². The molecule has 1 aliphatic carbocycles. The molecule has 1 fully saturated rings. The van der Waals surface area contributed by atoms with Crippen LogP contribution < -0.4 is 4.90 Å². The summed E-state index contributed by atoms with van der Waals surface area (Å²) in [7, 11) is 0. The first kappa shape index (κ1) is 16.1. The van der Waals surface area contributed by atoms with Gasteiger partial charge >= 0.3 is 0 Å². The Kier molecular flexibility index (Phi) is 3.85. The van der Waals surface area contributed by atoms with Crippen LogP contribution in [0.4, 0.5) is 5.69 Å². The molecule has 0 bridgehead atoms. The van der Waals surface area contributed by atoms with Crippen molar-refractivity contribution in [2.24, 2.45) is 5.92 Å². The van der Waals surface area contributed by atoms with E-state index in [4.69, 9.17) is 0 Å². The normalized spacial score (nSPS) is 21.8. The van der Waals surface area contributed by atoms with Crippen LogP contribution in [0.25, 0.3) is 0 Å². The van der Waals surface area contributed by atoms with E-state index in [1.54, 1.807) is 11.3 Å². The van der Waals surface area contributed by atoms with Crippen molar-refractivity contribution in [3.63, 3.8) is 0 Å². The van der Waals surface area contributed by atoms with Crippen molar-refractivity contribution < 1.29 is 9.59 Å². The van der Waals surface area contributed by atoms with Crippen LogP contribution in [0.2, 0.25) is 0 Å². The van der Waals surface area contributed by atoms with Gasteiger partial charge in [0.15, 0.2) is 0 Å². The van der Waals surface area contributed by atoms with Gasteiger partial charge in [-0.3, -0.25) is 9.59 Å². The van der Waals surface area contributed by atoms with E-state index in [0.29, 0.717) is 19.5 Å². The minimum absolute atomic E-state index is 0.0783. The molecule has 134 valence electrons. The van der Waals surface area contributed by atoms with Crippen LogP contribution in [0.3, 0.4) is 0 Å². The summed E-state index contributed by atoms with van der Waals surface area (Å²) >= 11 is 1.78. The van der Waals surface area contributed by atoms with Crippen molar-refractivity contribution in [2.75, 3.05) is 18.0 Å². The molecule has 0 spiro atoms. The number of hydrogen-bond acceptors (Lipinski definition) is 3. The minimum atomic E-state index is -0.212. The topological polar surface area (TPSA) is 40.6 Å². The van der Waals surface area contributed by atoms with E-state index in [1.807, 2.05) is 15.9 Å². The molecular formula is C21H22N2O2S. The summed E-state index contributed by atoms with van der Waals surface area (Å²) < 4.78 is 0. The van der Waals surface area contributed by atoms with Gasteiger partial charge in [0.2, 0.25) is 11.8 Å². The fourth-order valence-corrected chi connectivity index (χ4v) is 5.43. The summed E-state index contributed by atoms with van der Waals surface area (Å²) in [5.74, 6) is 0.00401. The average Bonchev–Trinajstić information content (AvgIpc) is 3.38. The van der Waals surface area contributed by atoms with Crippen molar-refractivity contribution >= 4 is 28.8 Å². The van der Waals surface area contributed by atoms with Crippen LogP contribution in [0.1, 0.15) is 34.4 Å². The van der Waals surface area contributed by atoms with E-state index >= 15 is 0 Å². The second kappa shape index (κ2) is 6.23. The fourth-order valence-electron chi connectivity index (χ4n) is 4.54. The lowest BCUT2D eigenvalue weighted by molar-refractivity contribution is -0.136. The zero-order valence-electron chi connectivity index (χ0n) is 14.7. The number of carbonyl (C=O) groups is 2. The van der Waals surface area contributed by atoms with Crippen LogP contribution in [0.15, 0.2) is 29.6 Å². The van der Waals surface area contributed by atoms with Crippen molar-refractivity contribution in [1.29, 1.82) is 0 Å². The molecule has 4 nitrogen and oxygen atoms in total. The van der Waals surface area contributed by atoms with Gasteiger partial charge in [-0.25, -0.2) is 0 Å². The second-order valence-corrected chi connectivity index (χ2v) is 8.59. The van der Waals surface area contributed by atoms with E-state index in [9.17, 15) is 9.59 Å². The number of nitrogens with zero attached hydrogens (tertiary/aromatic N) is 2. The third kappa shape index (κ3) is 2.65. The van der Waals surface area contributed by atoms with Gasteiger partial charge in [0.1, 0.15) is 0 Å². The molecule has 2 aromatic rings. The molecule has 26 heavy (non-hydrogen) atoms. The first-order valence-electron chi connectivity index (χ1n) is 9.45. The maximum atomic E-state index is 13.0. The minimum Gasteiger partial charge on any atom is -0.338 e. The van der Waals surface area contributed by atoms with Crippen molar-refractivity contribution in [3.8, 4) is 0 Å². The Morgan fingerprint density at radius 3 is 2.88 bits per heavy atom. The summed E-state index contributed by atoms with van der Waals surface area (Å²) in [6, 6.07) is 8.48. The van der Waals surface area contributed by atoms with E-state index in [2.05, 4.69) is 23.6 Å². The number of amides is 2. The summed E-state index contributed by atoms with van der Waals surface area (Å²) in [4.78, 5) is 30.7. The molecule has 5 rings (SSSR count). The largest absolute Gasteiger partial charge is 0.338 e. The number of aryl methyl sites for hydroxylation is 2. The maximum absolute atomic E-state index is 13.0. The second-order valence-electron chi connectivity index (χ2n) is 7.59. The Morgan fingerprint density at radius 1 is 1.08 bits per heavy atom. The van der Waals surface area contributed by atoms with Crippen molar-refractivity contribution in [3.05, 3.63) is 51.2 Å². The molecule has 1 atom stereocenters. The predicted molar refractivity (Wildman–Crippen MR) is 102 cm³/mol. The van der Waals surface area contributed by atoms with Crippen molar-refractivity contribution in [1.82, 2.24) is 4.90 Å². The fraction of sp³-hybridized carbons (Fsp3) is 0.429. The van der Waals surface area contributed by atoms with E-state index in [-0.39, 0.29) is 17.7 Å². The molecule has 0 radical (unpaired) electrons. The maximum Gasteiger partial charge on any atom is 0.228 e. The molecule has 2 aliphatic heterocycles. The molecule has 1 aromatic carbocycles. The van der Waals surface area contributed by atoms with Crippen molar-refractivity contribution in [2.45, 2.75) is 38.6 Å². The molecule has 2 amide bonds. The number of thiophene rings is 1. The lowest BCUT2D eigenvalue weighted by Gasteiger charge is -2.29. The number of rotatable bonds is 2. The zero-order chi connectivity index (χ0) is 17.7. The summed E-state index contributed by atoms with van der Waals surface area (Å²) in [6.45, 7) is 1.99. The Hall–Kier alpha value is -2.14. The number of carbonyl (C=O) groups excluding carboxylic acids is 2. The average molecular weight is 366 g/mol. The van der Waals surface area contributed by atoms with Gasteiger partial charge in [0.25, 0.3) is 0 Å². The standard InChI is InChI=1S/C21H22N2O2S/c24-20-11-17(21(25)22-8-6-19-16(12-22)7-9-26-19)13-23(20)18-5-4-14-2-1-3-15(14)10-18/h4-5,7,9-10,17H,1-3,6,8,11-13H2. The third-order valence-corrected chi connectivity index (χ3v) is 7.01. The van der Waals surface area contributed by atoms with E-state index in [1.165, 1.54) is 28.0 Å². The van der Waals surface area contributed by atoms with Crippen LogP contribution >= 0.6 is 11.3 Å². The zero-order valence-corrected chi connectivity index (χ0v) is 15.6.